The molecule has 0 aliphatic rings. The first kappa shape index (κ1) is 17.1. The molecule has 27 heavy (non-hydrogen) atoms. The zero-order chi connectivity index (χ0) is 18.5. The van der Waals surface area contributed by atoms with Gasteiger partial charge in [-0.2, -0.15) is 0 Å². The molecule has 2 aromatic carbocycles. The monoisotopic (exact) mass is 375 g/mol. The van der Waals surface area contributed by atoms with Crippen molar-refractivity contribution in [2.75, 3.05) is 11.1 Å². The average Bonchev–Trinajstić information content (AvgIpc) is 3.37. The summed E-state index contributed by atoms with van der Waals surface area (Å²) in [5, 5.41) is 12.2. The predicted octanol–water partition coefficient (Wildman–Crippen LogP) is 3.79. The van der Waals surface area contributed by atoms with Crippen LogP contribution in [0.1, 0.15) is 0 Å². The summed E-state index contributed by atoms with van der Waals surface area (Å²) < 4.78 is 3.80. The predicted molar refractivity (Wildman–Crippen MR) is 106 cm³/mol. The Balaban J connectivity index is 1.56. The lowest BCUT2D eigenvalue weighted by atomic mass is 10.2. The lowest BCUT2D eigenvalue weighted by Crippen LogP contribution is -2.15. The highest BCUT2D eigenvalue weighted by Gasteiger charge is 2.16. The topological polar surface area (TPSA) is 64.7 Å². The van der Waals surface area contributed by atoms with E-state index in [0.29, 0.717) is 5.16 Å². The zero-order valence-electron chi connectivity index (χ0n) is 14.4. The molecule has 2 aromatic heterocycles. The number of nitrogens with one attached hydrogen (secondary N) is 1. The molecule has 0 aliphatic heterocycles. The van der Waals surface area contributed by atoms with Crippen LogP contribution in [-0.2, 0) is 4.79 Å². The van der Waals surface area contributed by atoms with E-state index >= 15 is 0 Å². The van der Waals surface area contributed by atoms with Gasteiger partial charge in [-0.25, -0.2) is 4.68 Å². The van der Waals surface area contributed by atoms with Gasteiger partial charge in [0.2, 0.25) is 11.1 Å². The number of thioether (sulfide) groups is 1. The molecular formula is C20H17N5OS. The summed E-state index contributed by atoms with van der Waals surface area (Å²) in [6, 6.07) is 23.1. The van der Waals surface area contributed by atoms with Crippen molar-refractivity contribution in [2.24, 2.45) is 0 Å². The summed E-state index contributed by atoms with van der Waals surface area (Å²) in [4.78, 5) is 12.3. The van der Waals surface area contributed by atoms with Gasteiger partial charge in [0.15, 0.2) is 5.82 Å². The van der Waals surface area contributed by atoms with Gasteiger partial charge in [0, 0.05) is 23.6 Å². The number of anilines is 1. The van der Waals surface area contributed by atoms with Gasteiger partial charge in [-0.15, -0.1) is 10.2 Å². The molecule has 0 saturated carbocycles. The van der Waals surface area contributed by atoms with Crippen LogP contribution in [0.25, 0.3) is 11.4 Å². The number of aromatic nitrogens is 4. The molecule has 1 amide bonds. The summed E-state index contributed by atoms with van der Waals surface area (Å²) in [7, 11) is 0. The minimum absolute atomic E-state index is 0.0884. The second-order valence-corrected chi connectivity index (χ2v) is 6.69. The van der Waals surface area contributed by atoms with Gasteiger partial charge >= 0.3 is 0 Å². The zero-order valence-corrected chi connectivity index (χ0v) is 15.2. The second-order valence-electron chi connectivity index (χ2n) is 5.75. The number of para-hydroxylation sites is 1. The first-order valence-corrected chi connectivity index (χ1v) is 9.42. The Labute approximate surface area is 160 Å². The third kappa shape index (κ3) is 3.93. The van der Waals surface area contributed by atoms with E-state index in [9.17, 15) is 4.79 Å². The summed E-state index contributed by atoms with van der Waals surface area (Å²) in [5.41, 5.74) is 1.74. The molecular weight excluding hydrogens is 358 g/mol. The van der Waals surface area contributed by atoms with Crippen LogP contribution in [0.2, 0.25) is 0 Å². The van der Waals surface area contributed by atoms with Gasteiger partial charge in [0.25, 0.3) is 0 Å². The Morgan fingerprint density at radius 3 is 2.26 bits per heavy atom. The highest BCUT2D eigenvalue weighted by atomic mass is 32.2. The van der Waals surface area contributed by atoms with E-state index < -0.39 is 0 Å². The van der Waals surface area contributed by atoms with E-state index in [-0.39, 0.29) is 11.7 Å². The second kappa shape index (κ2) is 7.92. The van der Waals surface area contributed by atoms with Crippen molar-refractivity contribution in [3.8, 4) is 11.4 Å². The van der Waals surface area contributed by atoms with Crippen molar-refractivity contribution in [1.82, 2.24) is 19.5 Å². The standard InChI is InChI=1S/C20H17N5OS/c26-18(21-17-11-5-2-6-12-17)15-27-20-23-22-19(16-9-3-1-4-10-16)25(20)24-13-7-8-14-24/h1-14H,15H2,(H,21,26). The number of carbonyl (C=O) groups is 1. The number of amides is 1. The van der Waals surface area contributed by atoms with E-state index in [1.807, 2.05) is 94.5 Å². The summed E-state index contributed by atoms with van der Waals surface area (Å²) in [5.74, 6) is 0.871. The van der Waals surface area contributed by atoms with Gasteiger partial charge in [0.1, 0.15) is 0 Å². The minimum atomic E-state index is -0.0884. The Morgan fingerprint density at radius 2 is 1.56 bits per heavy atom. The molecule has 2 heterocycles. The molecule has 0 aliphatic carbocycles. The number of hydrogen-bond acceptors (Lipinski definition) is 4. The normalized spacial score (nSPS) is 10.7. The maximum Gasteiger partial charge on any atom is 0.234 e. The highest BCUT2D eigenvalue weighted by Crippen LogP contribution is 2.24. The quantitative estimate of drug-likeness (QED) is 0.521. The lowest BCUT2D eigenvalue weighted by molar-refractivity contribution is -0.113. The molecule has 134 valence electrons. The van der Waals surface area contributed by atoms with Gasteiger partial charge in [0.05, 0.1) is 5.75 Å². The van der Waals surface area contributed by atoms with Crippen LogP contribution in [0.15, 0.2) is 90.3 Å². The molecule has 0 spiro atoms. The fourth-order valence-corrected chi connectivity index (χ4v) is 3.37. The van der Waals surface area contributed by atoms with Crippen LogP contribution in [0, 0.1) is 0 Å². The van der Waals surface area contributed by atoms with E-state index in [0.717, 1.165) is 17.1 Å². The van der Waals surface area contributed by atoms with E-state index in [2.05, 4.69) is 15.5 Å². The average molecular weight is 375 g/mol. The number of hydrogen-bond donors (Lipinski definition) is 1. The Morgan fingerprint density at radius 1 is 0.889 bits per heavy atom. The van der Waals surface area contributed by atoms with E-state index in [1.54, 1.807) is 0 Å². The molecule has 6 nitrogen and oxygen atoms in total. The summed E-state index contributed by atoms with van der Waals surface area (Å²) in [6.45, 7) is 0. The van der Waals surface area contributed by atoms with Crippen molar-refractivity contribution in [2.45, 2.75) is 5.16 Å². The van der Waals surface area contributed by atoms with Crippen LogP contribution < -0.4 is 5.32 Å². The van der Waals surface area contributed by atoms with Gasteiger partial charge in [-0.3, -0.25) is 9.47 Å². The summed E-state index contributed by atoms with van der Waals surface area (Å²) in [6.07, 6.45) is 3.84. The lowest BCUT2D eigenvalue weighted by Gasteiger charge is -2.11. The van der Waals surface area contributed by atoms with E-state index in [4.69, 9.17) is 0 Å². The molecule has 0 radical (unpaired) electrons. The first-order chi connectivity index (χ1) is 13.3. The fraction of sp³-hybridized carbons (Fsp3) is 0.0500. The maximum absolute atomic E-state index is 12.3. The molecule has 4 aromatic rings. The SMILES string of the molecule is O=C(CSc1nnc(-c2ccccc2)n1-n1cccc1)Nc1ccccc1. The minimum Gasteiger partial charge on any atom is -0.325 e. The Hall–Kier alpha value is -3.32. The number of carbonyl (C=O) groups excluding carboxylic acids is 1. The van der Waals surface area contributed by atoms with Crippen LogP contribution in [-0.4, -0.2) is 31.2 Å². The van der Waals surface area contributed by atoms with Crippen molar-refractivity contribution in [1.29, 1.82) is 0 Å². The molecule has 0 saturated heterocycles. The molecule has 0 fully saturated rings. The Bertz CT molecular complexity index is 1010. The molecule has 0 unspecified atom stereocenters. The van der Waals surface area contributed by atoms with Crippen molar-refractivity contribution >= 4 is 23.4 Å². The number of rotatable bonds is 6. The van der Waals surface area contributed by atoms with Crippen LogP contribution in [0.3, 0.4) is 0 Å². The fourth-order valence-electron chi connectivity index (χ4n) is 2.64. The molecule has 4 rings (SSSR count). The molecule has 1 N–H and O–H groups in total. The maximum atomic E-state index is 12.3. The molecule has 0 atom stereocenters. The molecule has 0 bridgehead atoms. The number of benzene rings is 2. The van der Waals surface area contributed by atoms with Crippen LogP contribution >= 0.6 is 11.8 Å². The van der Waals surface area contributed by atoms with Crippen LogP contribution in [0.4, 0.5) is 5.69 Å². The van der Waals surface area contributed by atoms with Gasteiger partial charge < -0.3 is 5.32 Å². The largest absolute Gasteiger partial charge is 0.325 e. The van der Waals surface area contributed by atoms with Crippen molar-refractivity contribution in [3.63, 3.8) is 0 Å². The first-order valence-electron chi connectivity index (χ1n) is 8.43. The van der Waals surface area contributed by atoms with E-state index in [1.165, 1.54) is 11.8 Å². The van der Waals surface area contributed by atoms with Crippen LogP contribution in [0.5, 0.6) is 0 Å². The van der Waals surface area contributed by atoms with Gasteiger partial charge in [-0.05, 0) is 24.3 Å². The molecule has 7 heteroatoms. The van der Waals surface area contributed by atoms with Crippen molar-refractivity contribution < 1.29 is 4.79 Å². The summed E-state index contributed by atoms with van der Waals surface area (Å²) >= 11 is 1.34. The third-order valence-electron chi connectivity index (χ3n) is 3.85. The van der Waals surface area contributed by atoms with Crippen molar-refractivity contribution in [3.05, 3.63) is 85.2 Å². The highest BCUT2D eigenvalue weighted by molar-refractivity contribution is 7.99. The number of nitrogens with zero attached hydrogens (tertiary/aromatic N) is 4. The Kier molecular flexibility index (Phi) is 5.02. The smallest absolute Gasteiger partial charge is 0.234 e. The third-order valence-corrected chi connectivity index (χ3v) is 4.77. The van der Waals surface area contributed by atoms with Gasteiger partial charge in [-0.1, -0.05) is 60.3 Å².